The fourth-order valence-corrected chi connectivity index (χ4v) is 5.64. The van der Waals surface area contributed by atoms with Crippen molar-refractivity contribution >= 4 is 38.5 Å². The molecule has 0 fully saturated rings. The molecule has 0 amide bonds. The van der Waals surface area contributed by atoms with Crippen LogP contribution in [0.4, 0.5) is 0 Å². The van der Waals surface area contributed by atoms with Crippen molar-refractivity contribution in [3.8, 4) is 0 Å². The molecule has 0 aliphatic carbocycles. The monoisotopic (exact) mass is 242 g/mol. The summed E-state index contributed by atoms with van der Waals surface area (Å²) in [6.07, 6.45) is 0. The van der Waals surface area contributed by atoms with E-state index in [1.165, 1.54) is 5.32 Å². The molecule has 1 aliphatic rings. The molecule has 0 aromatic rings. The van der Waals surface area contributed by atoms with E-state index in [2.05, 4.69) is 10.4 Å². The molecule has 58 valence electrons. The van der Waals surface area contributed by atoms with Gasteiger partial charge in [0.15, 0.2) is 0 Å². The Bertz CT molecular complexity index is 118. The van der Waals surface area contributed by atoms with Gasteiger partial charge in [-0.3, -0.25) is 0 Å². The summed E-state index contributed by atoms with van der Waals surface area (Å²) in [7, 11) is 0. The predicted molar refractivity (Wildman–Crippen MR) is 50.6 cm³/mol. The van der Waals surface area contributed by atoms with E-state index in [4.69, 9.17) is 5.11 Å². The Balaban J connectivity index is 2.10. The van der Waals surface area contributed by atoms with Crippen LogP contribution < -0.4 is 0 Å². The van der Waals surface area contributed by atoms with Crippen LogP contribution in [-0.4, -0.2) is 37.0 Å². The van der Waals surface area contributed by atoms with Crippen molar-refractivity contribution in [3.63, 3.8) is 0 Å². The average Bonchev–Trinajstić information content (AvgIpc) is 2.03. The van der Waals surface area contributed by atoms with Crippen LogP contribution in [-0.2, 0) is 0 Å². The minimum absolute atomic E-state index is 0.318. The molecule has 1 nitrogen and oxygen atoms in total. The van der Waals surface area contributed by atoms with Gasteiger partial charge in [0.1, 0.15) is 0 Å². The summed E-state index contributed by atoms with van der Waals surface area (Å²) in [6.45, 7) is 0.318. The number of rotatable bonds is 3. The molecule has 1 heterocycles. The van der Waals surface area contributed by atoms with Crippen LogP contribution in [0.5, 0.6) is 0 Å². The third-order valence-corrected chi connectivity index (χ3v) is 6.61. The first-order valence-corrected chi connectivity index (χ1v) is 7.27. The van der Waals surface area contributed by atoms with E-state index in [1.807, 2.05) is 23.5 Å². The minimum atomic E-state index is 0.318. The van der Waals surface area contributed by atoms with E-state index < -0.39 is 0 Å². The average molecular weight is 241 g/mol. The van der Waals surface area contributed by atoms with Gasteiger partial charge < -0.3 is 0 Å². The van der Waals surface area contributed by atoms with Crippen molar-refractivity contribution in [1.82, 2.24) is 0 Å². The van der Waals surface area contributed by atoms with Gasteiger partial charge in [-0.05, 0) is 0 Å². The van der Waals surface area contributed by atoms with E-state index in [-0.39, 0.29) is 0 Å². The van der Waals surface area contributed by atoms with Crippen molar-refractivity contribution in [3.05, 3.63) is 10.4 Å². The Morgan fingerprint density at radius 3 is 3.30 bits per heavy atom. The van der Waals surface area contributed by atoms with Gasteiger partial charge in [0, 0.05) is 0 Å². The molecule has 0 bridgehead atoms. The Kier molecular flexibility index (Phi) is 5.01. The summed E-state index contributed by atoms with van der Waals surface area (Å²) in [5.41, 5.74) is 0. The zero-order valence-electron chi connectivity index (χ0n) is 5.53. The molecule has 1 unspecified atom stereocenters. The summed E-state index contributed by atoms with van der Waals surface area (Å²) in [4.78, 5) is 2.27. The van der Waals surface area contributed by atoms with E-state index >= 15 is 0 Å². The first kappa shape index (κ1) is 9.01. The molecule has 4 heteroatoms. The summed E-state index contributed by atoms with van der Waals surface area (Å²) in [5, 5.41) is 12.1. The fourth-order valence-electron chi connectivity index (χ4n) is 0.604. The fraction of sp³-hybridized carbons (Fsp3) is 0.667. The number of hydrogen-bond donors (Lipinski definition) is 1. The maximum atomic E-state index is 8.55. The van der Waals surface area contributed by atoms with Crippen LogP contribution in [0.25, 0.3) is 0 Å². The number of thioether (sulfide) groups is 2. The summed E-state index contributed by atoms with van der Waals surface area (Å²) in [6, 6.07) is 0. The molecule has 1 aliphatic heterocycles. The summed E-state index contributed by atoms with van der Waals surface area (Å²) < 4.78 is 0.720. The molecule has 0 saturated heterocycles. The molecule has 0 spiro atoms. The summed E-state index contributed by atoms with van der Waals surface area (Å²) in [5.74, 6) is 0.890. The van der Waals surface area contributed by atoms with Crippen LogP contribution in [0.1, 0.15) is 0 Å². The quantitative estimate of drug-likeness (QED) is 0.754. The van der Waals surface area contributed by atoms with Crippen molar-refractivity contribution in [2.75, 3.05) is 12.4 Å². The zero-order valence-corrected chi connectivity index (χ0v) is 8.87. The Morgan fingerprint density at radius 2 is 2.70 bits per heavy atom. The van der Waals surface area contributed by atoms with Crippen molar-refractivity contribution in [2.24, 2.45) is 0 Å². The van der Waals surface area contributed by atoms with E-state index in [0.29, 0.717) is 6.61 Å². The van der Waals surface area contributed by atoms with E-state index in [0.717, 1.165) is 25.3 Å². The van der Waals surface area contributed by atoms with Crippen LogP contribution in [0.2, 0.25) is 5.32 Å². The molecule has 0 aromatic heterocycles. The molecule has 10 heavy (non-hydrogen) atoms. The Labute approximate surface area is 76.2 Å². The van der Waals surface area contributed by atoms with Crippen molar-refractivity contribution in [2.45, 2.75) is 9.90 Å². The van der Waals surface area contributed by atoms with E-state index in [1.54, 1.807) is 0 Å². The summed E-state index contributed by atoms with van der Waals surface area (Å²) >= 11 is 4.49. The molecule has 0 saturated carbocycles. The van der Waals surface area contributed by atoms with Crippen molar-refractivity contribution < 1.29 is 5.11 Å². The molecular weight excluding hydrogens is 231 g/mol. The number of aliphatic hydroxyl groups excluding tert-OH is 1. The van der Waals surface area contributed by atoms with Crippen LogP contribution in [0.3, 0.4) is 0 Å². The van der Waals surface area contributed by atoms with Gasteiger partial charge in [0.2, 0.25) is 0 Å². The van der Waals surface area contributed by atoms with Crippen LogP contribution >= 0.6 is 23.5 Å². The standard InChI is InChI=1S/C6H10OS2Se/c7-1-2-8-6-5-10-4-3-9-6/h3-4,6-7H,1-2,5H2. The molecule has 1 N–H and O–H groups in total. The second kappa shape index (κ2) is 5.55. The SMILES string of the molecule is OCCSC1C[Se]C=CS1. The second-order valence-corrected chi connectivity index (χ2v) is 6.46. The molecule has 0 radical (unpaired) electrons. The molecular formula is C6H10OS2Se. The van der Waals surface area contributed by atoms with Gasteiger partial charge in [-0.1, -0.05) is 0 Å². The van der Waals surface area contributed by atoms with Crippen LogP contribution in [0, 0.1) is 0 Å². The first-order valence-electron chi connectivity index (χ1n) is 3.08. The first-order chi connectivity index (χ1) is 4.93. The normalized spacial score (nSPS) is 25.1. The molecule has 1 rings (SSSR count). The third kappa shape index (κ3) is 3.35. The molecule has 1 atom stereocenters. The zero-order chi connectivity index (χ0) is 7.23. The second-order valence-electron chi connectivity index (χ2n) is 1.77. The van der Waals surface area contributed by atoms with Crippen molar-refractivity contribution in [1.29, 1.82) is 0 Å². The van der Waals surface area contributed by atoms with Gasteiger partial charge in [0.25, 0.3) is 0 Å². The molecule has 0 aromatic carbocycles. The topological polar surface area (TPSA) is 20.2 Å². The van der Waals surface area contributed by atoms with Gasteiger partial charge >= 0.3 is 76.2 Å². The van der Waals surface area contributed by atoms with Gasteiger partial charge in [-0.2, -0.15) is 0 Å². The third-order valence-electron chi connectivity index (χ3n) is 1.01. The van der Waals surface area contributed by atoms with Gasteiger partial charge in [-0.15, -0.1) is 0 Å². The Morgan fingerprint density at radius 1 is 1.80 bits per heavy atom. The predicted octanol–water partition coefficient (Wildman–Crippen LogP) is 1.38. The number of hydrogen-bond acceptors (Lipinski definition) is 3. The number of aliphatic hydroxyl groups is 1. The van der Waals surface area contributed by atoms with E-state index in [9.17, 15) is 0 Å². The van der Waals surface area contributed by atoms with Gasteiger partial charge in [-0.25, -0.2) is 0 Å². The Hall–Kier alpha value is 0.919. The van der Waals surface area contributed by atoms with Crippen LogP contribution in [0.15, 0.2) is 10.4 Å². The maximum absolute atomic E-state index is 8.55. The van der Waals surface area contributed by atoms with Gasteiger partial charge in [0.05, 0.1) is 0 Å².